The Kier molecular flexibility index (Phi) is 3.17. The summed E-state index contributed by atoms with van der Waals surface area (Å²) in [5, 5.41) is 0.516. The Morgan fingerprint density at radius 2 is 1.93 bits per heavy atom. The molecule has 0 fully saturated rings. The maximum atomic E-state index is 11.2. The molecule has 0 amide bonds. The van der Waals surface area contributed by atoms with E-state index in [2.05, 4.69) is 0 Å². The number of carbonyl (C=O) groups excluding carboxylic acids is 1. The van der Waals surface area contributed by atoms with Gasteiger partial charge in [0.15, 0.2) is 11.4 Å². The number of hydrogen-bond donors (Lipinski definition) is 0. The highest BCUT2D eigenvalue weighted by atomic mass is 35.5. The molecule has 1 aromatic rings. The molecule has 0 saturated heterocycles. The van der Waals surface area contributed by atoms with Gasteiger partial charge in [0.1, 0.15) is 5.75 Å². The Hall–Kier alpha value is -1.02. The van der Waals surface area contributed by atoms with Crippen molar-refractivity contribution >= 4 is 17.4 Å². The summed E-state index contributed by atoms with van der Waals surface area (Å²) in [6.07, 6.45) is 0. The van der Waals surface area contributed by atoms with Crippen LogP contribution in [0.3, 0.4) is 0 Å². The molecular weight excluding hydrogens is 200 g/mol. The first-order valence-electron chi connectivity index (χ1n) is 4.38. The Bertz CT molecular complexity index is 345. The largest absolute Gasteiger partial charge is 0.479 e. The van der Waals surface area contributed by atoms with E-state index in [9.17, 15) is 4.79 Å². The van der Waals surface area contributed by atoms with Crippen molar-refractivity contribution in [2.75, 3.05) is 0 Å². The van der Waals surface area contributed by atoms with Crippen LogP contribution in [0.4, 0.5) is 0 Å². The Morgan fingerprint density at radius 1 is 1.36 bits per heavy atom. The summed E-state index contributed by atoms with van der Waals surface area (Å²) in [7, 11) is 0. The second-order valence-corrected chi connectivity index (χ2v) is 4.01. The van der Waals surface area contributed by atoms with Crippen LogP contribution in [0.5, 0.6) is 5.75 Å². The van der Waals surface area contributed by atoms with E-state index < -0.39 is 5.60 Å². The fourth-order valence-corrected chi connectivity index (χ4v) is 1.05. The summed E-state index contributed by atoms with van der Waals surface area (Å²) in [6, 6.07) is 7.10. The van der Waals surface area contributed by atoms with Gasteiger partial charge in [-0.1, -0.05) is 23.7 Å². The average Bonchev–Trinajstić information content (AvgIpc) is 2.08. The van der Waals surface area contributed by atoms with Gasteiger partial charge in [0.05, 0.1) is 5.02 Å². The molecule has 0 N–H and O–H groups in total. The first kappa shape index (κ1) is 11.1. The first-order chi connectivity index (χ1) is 6.43. The third-order valence-corrected chi connectivity index (χ3v) is 2.36. The molecule has 76 valence electrons. The number of carbonyl (C=O) groups is 1. The number of Topliss-reactive ketones (excluding diaryl/α,β-unsaturated/α-hetero) is 1. The summed E-state index contributed by atoms with van der Waals surface area (Å²) < 4.78 is 5.51. The van der Waals surface area contributed by atoms with Crippen molar-refractivity contribution in [2.24, 2.45) is 0 Å². The fourth-order valence-electron chi connectivity index (χ4n) is 0.874. The summed E-state index contributed by atoms with van der Waals surface area (Å²) in [5.41, 5.74) is -0.828. The molecule has 0 radical (unpaired) electrons. The van der Waals surface area contributed by atoms with E-state index in [1.165, 1.54) is 6.92 Å². The normalized spacial score (nSPS) is 11.1. The summed E-state index contributed by atoms with van der Waals surface area (Å²) >= 11 is 5.90. The molecule has 0 unspecified atom stereocenters. The highest BCUT2D eigenvalue weighted by Gasteiger charge is 2.26. The monoisotopic (exact) mass is 212 g/mol. The van der Waals surface area contributed by atoms with Gasteiger partial charge in [-0.15, -0.1) is 0 Å². The minimum atomic E-state index is -0.828. The van der Waals surface area contributed by atoms with Crippen molar-refractivity contribution in [3.05, 3.63) is 29.3 Å². The van der Waals surface area contributed by atoms with Gasteiger partial charge in [-0.25, -0.2) is 0 Å². The number of rotatable bonds is 3. The predicted octanol–water partition coefficient (Wildman–Crippen LogP) is 3.09. The van der Waals surface area contributed by atoms with E-state index in [0.717, 1.165) is 0 Å². The first-order valence-corrected chi connectivity index (χ1v) is 4.76. The summed E-state index contributed by atoms with van der Waals surface area (Å²) in [4.78, 5) is 11.2. The zero-order chi connectivity index (χ0) is 10.8. The molecule has 14 heavy (non-hydrogen) atoms. The van der Waals surface area contributed by atoms with E-state index in [1.54, 1.807) is 26.0 Å². The predicted molar refractivity (Wildman–Crippen MR) is 56.8 cm³/mol. The standard InChI is InChI=1S/C11H13ClO2/c1-8(13)11(2,3)14-10-7-5-4-6-9(10)12/h4-7H,1-3H3. The molecule has 1 rings (SSSR count). The lowest BCUT2D eigenvalue weighted by Crippen LogP contribution is -2.36. The van der Waals surface area contributed by atoms with Crippen molar-refractivity contribution in [3.63, 3.8) is 0 Å². The fraction of sp³-hybridized carbons (Fsp3) is 0.364. The SMILES string of the molecule is CC(=O)C(C)(C)Oc1ccccc1Cl. The third kappa shape index (κ3) is 2.48. The molecule has 2 nitrogen and oxygen atoms in total. The van der Waals surface area contributed by atoms with Crippen LogP contribution in [-0.4, -0.2) is 11.4 Å². The van der Waals surface area contributed by atoms with E-state index in [-0.39, 0.29) is 5.78 Å². The van der Waals surface area contributed by atoms with Gasteiger partial charge < -0.3 is 4.74 Å². The van der Waals surface area contributed by atoms with Crippen molar-refractivity contribution in [1.29, 1.82) is 0 Å². The van der Waals surface area contributed by atoms with Crippen molar-refractivity contribution < 1.29 is 9.53 Å². The second-order valence-electron chi connectivity index (χ2n) is 3.60. The molecule has 0 atom stereocenters. The minimum absolute atomic E-state index is 0.0302. The second kappa shape index (κ2) is 4.01. The van der Waals surface area contributed by atoms with Gasteiger partial charge in [0.2, 0.25) is 0 Å². The Balaban J connectivity index is 2.89. The Labute approximate surface area is 88.8 Å². The molecule has 0 aliphatic carbocycles. The topological polar surface area (TPSA) is 26.3 Å². The molecule has 0 saturated carbocycles. The lowest BCUT2D eigenvalue weighted by molar-refractivity contribution is -0.129. The maximum Gasteiger partial charge on any atom is 0.172 e. The van der Waals surface area contributed by atoms with E-state index in [1.807, 2.05) is 12.1 Å². The number of ether oxygens (including phenoxy) is 1. The minimum Gasteiger partial charge on any atom is -0.479 e. The number of ketones is 1. The van der Waals surface area contributed by atoms with Gasteiger partial charge >= 0.3 is 0 Å². The number of hydrogen-bond acceptors (Lipinski definition) is 2. The number of para-hydroxylation sites is 1. The molecule has 0 aliphatic heterocycles. The smallest absolute Gasteiger partial charge is 0.172 e. The maximum absolute atomic E-state index is 11.2. The highest BCUT2D eigenvalue weighted by Crippen LogP contribution is 2.27. The van der Waals surface area contributed by atoms with E-state index in [4.69, 9.17) is 16.3 Å². The van der Waals surface area contributed by atoms with Crippen LogP contribution in [0.1, 0.15) is 20.8 Å². The Morgan fingerprint density at radius 3 is 2.43 bits per heavy atom. The lowest BCUT2D eigenvalue weighted by Gasteiger charge is -2.23. The van der Waals surface area contributed by atoms with Crippen LogP contribution in [0.15, 0.2) is 24.3 Å². The van der Waals surface area contributed by atoms with Crippen LogP contribution >= 0.6 is 11.6 Å². The molecular formula is C11H13ClO2. The van der Waals surface area contributed by atoms with Crippen LogP contribution in [0.2, 0.25) is 5.02 Å². The molecule has 0 aliphatic rings. The number of halogens is 1. The van der Waals surface area contributed by atoms with E-state index in [0.29, 0.717) is 10.8 Å². The van der Waals surface area contributed by atoms with Crippen LogP contribution in [-0.2, 0) is 4.79 Å². The van der Waals surface area contributed by atoms with Crippen LogP contribution in [0, 0.1) is 0 Å². The zero-order valence-corrected chi connectivity index (χ0v) is 9.26. The van der Waals surface area contributed by atoms with Crippen molar-refractivity contribution in [1.82, 2.24) is 0 Å². The van der Waals surface area contributed by atoms with Gasteiger partial charge in [-0.3, -0.25) is 4.79 Å². The van der Waals surface area contributed by atoms with Gasteiger partial charge in [0.25, 0.3) is 0 Å². The summed E-state index contributed by atoms with van der Waals surface area (Å²) in [6.45, 7) is 4.94. The highest BCUT2D eigenvalue weighted by molar-refractivity contribution is 6.32. The van der Waals surface area contributed by atoms with Crippen LogP contribution < -0.4 is 4.74 Å². The van der Waals surface area contributed by atoms with Crippen molar-refractivity contribution in [3.8, 4) is 5.75 Å². The molecule has 0 bridgehead atoms. The lowest BCUT2D eigenvalue weighted by atomic mass is 10.1. The third-order valence-electron chi connectivity index (χ3n) is 2.05. The van der Waals surface area contributed by atoms with Gasteiger partial charge in [-0.2, -0.15) is 0 Å². The molecule has 0 spiro atoms. The quantitative estimate of drug-likeness (QED) is 0.770. The van der Waals surface area contributed by atoms with Gasteiger partial charge in [0, 0.05) is 0 Å². The molecule has 1 aromatic carbocycles. The average molecular weight is 213 g/mol. The van der Waals surface area contributed by atoms with Crippen molar-refractivity contribution in [2.45, 2.75) is 26.4 Å². The molecule has 0 aromatic heterocycles. The zero-order valence-electron chi connectivity index (χ0n) is 8.50. The molecule has 3 heteroatoms. The van der Waals surface area contributed by atoms with Crippen LogP contribution in [0.25, 0.3) is 0 Å². The molecule has 0 heterocycles. The van der Waals surface area contributed by atoms with Gasteiger partial charge in [-0.05, 0) is 32.9 Å². The number of benzene rings is 1. The summed E-state index contributed by atoms with van der Waals surface area (Å²) in [5.74, 6) is 0.506. The van der Waals surface area contributed by atoms with E-state index >= 15 is 0 Å².